The first-order valence-electron chi connectivity index (χ1n) is 2.76. The molecule has 0 spiro atoms. The zero-order valence-corrected chi connectivity index (χ0v) is 6.52. The van der Waals surface area contributed by atoms with Crippen LogP contribution in [0.5, 0.6) is 0 Å². The highest BCUT2D eigenvalue weighted by Crippen LogP contribution is 2.03. The number of carbonyl (C=O) groups is 1. The molecule has 0 aromatic heterocycles. The molecular formula is C5H10N2O2S. The van der Waals surface area contributed by atoms with E-state index in [1.54, 1.807) is 6.92 Å². The molecule has 3 N–H and O–H groups in total. The van der Waals surface area contributed by atoms with Crippen molar-refractivity contribution in [2.45, 2.75) is 13.3 Å². The van der Waals surface area contributed by atoms with Crippen LogP contribution >= 0.6 is 11.8 Å². The summed E-state index contributed by atoms with van der Waals surface area (Å²) in [5.41, 5.74) is 4.87. The summed E-state index contributed by atoms with van der Waals surface area (Å²) in [6, 6.07) is 0. The number of primary amides is 1. The first kappa shape index (κ1) is 9.29. The number of rotatable bonds is 3. The van der Waals surface area contributed by atoms with E-state index in [1.165, 1.54) is 11.8 Å². The second-order valence-corrected chi connectivity index (χ2v) is 2.97. The molecule has 58 valence electrons. The van der Waals surface area contributed by atoms with Gasteiger partial charge < -0.3 is 10.9 Å². The highest BCUT2D eigenvalue weighted by atomic mass is 32.2. The molecule has 0 aromatic carbocycles. The van der Waals surface area contributed by atoms with E-state index in [0.29, 0.717) is 17.2 Å². The molecule has 4 nitrogen and oxygen atoms in total. The molecule has 0 heterocycles. The Kier molecular flexibility index (Phi) is 4.74. The van der Waals surface area contributed by atoms with E-state index in [9.17, 15) is 4.79 Å². The number of oxime groups is 1. The fourth-order valence-electron chi connectivity index (χ4n) is 0.328. The standard InChI is InChI=1S/C5H10N2O2S/c1-4(7-9)10-3-2-5(6)8/h9H,2-3H2,1H3,(H2,6,8)/b7-4+. The summed E-state index contributed by atoms with van der Waals surface area (Å²) in [5, 5.41) is 11.6. The van der Waals surface area contributed by atoms with E-state index < -0.39 is 0 Å². The quantitative estimate of drug-likeness (QED) is 0.273. The number of hydrogen-bond acceptors (Lipinski definition) is 4. The molecule has 0 bridgehead atoms. The summed E-state index contributed by atoms with van der Waals surface area (Å²) in [6.07, 6.45) is 0.317. The van der Waals surface area contributed by atoms with Crippen molar-refractivity contribution >= 4 is 22.7 Å². The predicted molar refractivity (Wildman–Crippen MR) is 41.2 cm³/mol. The second-order valence-electron chi connectivity index (χ2n) is 1.68. The smallest absolute Gasteiger partial charge is 0.218 e. The topological polar surface area (TPSA) is 75.7 Å². The van der Waals surface area contributed by atoms with Gasteiger partial charge >= 0.3 is 0 Å². The lowest BCUT2D eigenvalue weighted by Gasteiger charge is -1.94. The minimum Gasteiger partial charge on any atom is -0.410 e. The lowest BCUT2D eigenvalue weighted by molar-refractivity contribution is -0.117. The monoisotopic (exact) mass is 162 g/mol. The van der Waals surface area contributed by atoms with E-state index in [0.717, 1.165) is 0 Å². The van der Waals surface area contributed by atoms with Gasteiger partial charge in [0, 0.05) is 12.2 Å². The van der Waals surface area contributed by atoms with Crippen LogP contribution in [0.1, 0.15) is 13.3 Å². The lowest BCUT2D eigenvalue weighted by atomic mass is 10.5. The molecule has 0 saturated carbocycles. The second kappa shape index (κ2) is 5.10. The summed E-state index contributed by atoms with van der Waals surface area (Å²) in [4.78, 5) is 10.2. The third-order valence-corrected chi connectivity index (χ3v) is 1.71. The Labute approximate surface area is 63.5 Å². The van der Waals surface area contributed by atoms with Crippen molar-refractivity contribution in [3.05, 3.63) is 0 Å². The maximum atomic E-state index is 10.2. The van der Waals surface area contributed by atoms with Crippen LogP contribution in [0.25, 0.3) is 0 Å². The maximum absolute atomic E-state index is 10.2. The zero-order chi connectivity index (χ0) is 7.98. The summed E-state index contributed by atoms with van der Waals surface area (Å²) in [7, 11) is 0. The van der Waals surface area contributed by atoms with Gasteiger partial charge in [-0.15, -0.1) is 11.8 Å². The molecule has 0 fully saturated rings. The van der Waals surface area contributed by atoms with Crippen molar-refractivity contribution in [2.75, 3.05) is 5.75 Å². The number of carbonyl (C=O) groups excluding carboxylic acids is 1. The molecule has 0 aromatic rings. The summed E-state index contributed by atoms with van der Waals surface area (Å²) >= 11 is 1.30. The minimum absolute atomic E-state index is 0.317. The van der Waals surface area contributed by atoms with Crippen LogP contribution in [0.3, 0.4) is 0 Å². The normalized spacial score (nSPS) is 11.5. The molecule has 0 saturated heterocycles. The van der Waals surface area contributed by atoms with E-state index >= 15 is 0 Å². The summed E-state index contributed by atoms with van der Waals surface area (Å²) in [5.74, 6) is 0.240. The number of thioether (sulfide) groups is 1. The third-order valence-electron chi connectivity index (χ3n) is 0.800. The first-order chi connectivity index (χ1) is 4.66. The summed E-state index contributed by atoms with van der Waals surface area (Å²) < 4.78 is 0. The Morgan fingerprint density at radius 1 is 1.80 bits per heavy atom. The Morgan fingerprint density at radius 2 is 2.40 bits per heavy atom. The van der Waals surface area contributed by atoms with Gasteiger partial charge in [-0.3, -0.25) is 4.79 Å². The van der Waals surface area contributed by atoms with Crippen LogP contribution in [0.15, 0.2) is 5.16 Å². The molecular weight excluding hydrogens is 152 g/mol. The number of hydrogen-bond donors (Lipinski definition) is 2. The van der Waals surface area contributed by atoms with Gasteiger partial charge in [-0.1, -0.05) is 5.16 Å². The van der Waals surface area contributed by atoms with Gasteiger partial charge in [0.2, 0.25) is 5.91 Å². The molecule has 1 amide bonds. The van der Waals surface area contributed by atoms with Crippen molar-refractivity contribution in [1.82, 2.24) is 0 Å². The van der Waals surface area contributed by atoms with E-state index in [4.69, 9.17) is 10.9 Å². The third kappa shape index (κ3) is 5.43. The van der Waals surface area contributed by atoms with Crippen LogP contribution in [-0.4, -0.2) is 21.9 Å². The molecule has 0 atom stereocenters. The van der Waals surface area contributed by atoms with Crippen molar-refractivity contribution < 1.29 is 10.0 Å². The van der Waals surface area contributed by atoms with Crippen LogP contribution in [0, 0.1) is 0 Å². The molecule has 0 aliphatic rings. The molecule has 0 unspecified atom stereocenters. The van der Waals surface area contributed by atoms with Gasteiger partial charge in [0.1, 0.15) is 5.04 Å². The first-order valence-corrected chi connectivity index (χ1v) is 3.75. The van der Waals surface area contributed by atoms with Crippen molar-refractivity contribution in [3.8, 4) is 0 Å². The van der Waals surface area contributed by atoms with E-state index in [-0.39, 0.29) is 5.91 Å². The van der Waals surface area contributed by atoms with Gasteiger partial charge in [0.15, 0.2) is 0 Å². The van der Waals surface area contributed by atoms with Crippen molar-refractivity contribution in [2.24, 2.45) is 10.9 Å². The SMILES string of the molecule is C/C(=N\O)SCCC(N)=O. The lowest BCUT2D eigenvalue weighted by Crippen LogP contribution is -2.11. The fraction of sp³-hybridized carbons (Fsp3) is 0.600. The van der Waals surface area contributed by atoms with Gasteiger partial charge in [0.05, 0.1) is 0 Å². The van der Waals surface area contributed by atoms with Crippen LogP contribution in [0.4, 0.5) is 0 Å². The highest BCUT2D eigenvalue weighted by Gasteiger charge is 1.96. The van der Waals surface area contributed by atoms with Gasteiger partial charge in [-0.25, -0.2) is 0 Å². The van der Waals surface area contributed by atoms with E-state index in [1.807, 2.05) is 0 Å². The molecule has 0 rings (SSSR count). The average molecular weight is 162 g/mol. The van der Waals surface area contributed by atoms with Crippen LogP contribution < -0.4 is 5.73 Å². The van der Waals surface area contributed by atoms with Crippen molar-refractivity contribution in [3.63, 3.8) is 0 Å². The summed E-state index contributed by atoms with van der Waals surface area (Å²) in [6.45, 7) is 1.66. The maximum Gasteiger partial charge on any atom is 0.218 e. The molecule has 5 heteroatoms. The van der Waals surface area contributed by atoms with E-state index in [2.05, 4.69) is 5.16 Å². The van der Waals surface area contributed by atoms with Gasteiger partial charge in [-0.05, 0) is 6.92 Å². The Balaban J connectivity index is 3.29. The number of amides is 1. The number of nitrogens with zero attached hydrogens (tertiary/aromatic N) is 1. The fourth-order valence-corrected chi connectivity index (χ4v) is 0.985. The molecule has 0 radical (unpaired) electrons. The zero-order valence-electron chi connectivity index (χ0n) is 5.70. The Hall–Kier alpha value is -0.710. The minimum atomic E-state index is -0.335. The van der Waals surface area contributed by atoms with Crippen LogP contribution in [0.2, 0.25) is 0 Å². The largest absolute Gasteiger partial charge is 0.410 e. The van der Waals surface area contributed by atoms with Gasteiger partial charge in [0.25, 0.3) is 0 Å². The Bertz CT molecular complexity index is 147. The molecule has 0 aliphatic carbocycles. The molecule has 10 heavy (non-hydrogen) atoms. The predicted octanol–water partition coefficient (Wildman–Crippen LogP) is 0.403. The number of nitrogens with two attached hydrogens (primary N) is 1. The van der Waals surface area contributed by atoms with Gasteiger partial charge in [-0.2, -0.15) is 0 Å². The highest BCUT2D eigenvalue weighted by molar-refractivity contribution is 8.13. The Morgan fingerprint density at radius 3 is 2.80 bits per heavy atom. The van der Waals surface area contributed by atoms with Crippen LogP contribution in [-0.2, 0) is 4.79 Å². The average Bonchev–Trinajstić information content (AvgIpc) is 1.87. The van der Waals surface area contributed by atoms with Crippen molar-refractivity contribution in [1.29, 1.82) is 0 Å². The molecule has 0 aliphatic heterocycles.